The molecule has 10 nitrogen and oxygen atoms in total. The van der Waals surface area contributed by atoms with Gasteiger partial charge in [-0.1, -0.05) is 13.8 Å². The first-order valence-corrected chi connectivity index (χ1v) is 11.7. The Bertz CT molecular complexity index is 1330. The largest absolute Gasteiger partial charge is 0.474 e. The van der Waals surface area contributed by atoms with Crippen molar-refractivity contribution < 1.29 is 27.5 Å². The highest BCUT2D eigenvalue weighted by atomic mass is 19.4. The number of rotatable bonds is 6. The van der Waals surface area contributed by atoms with Gasteiger partial charge in [-0.05, 0) is 24.1 Å². The molecule has 37 heavy (non-hydrogen) atoms. The van der Waals surface area contributed by atoms with E-state index >= 15 is 0 Å². The first-order chi connectivity index (χ1) is 17.5. The molecule has 0 spiro atoms. The van der Waals surface area contributed by atoms with E-state index in [2.05, 4.69) is 25.3 Å². The Hall–Kier alpha value is -4.03. The van der Waals surface area contributed by atoms with E-state index in [4.69, 9.17) is 4.74 Å². The van der Waals surface area contributed by atoms with Crippen LogP contribution in [-0.2, 0) is 11.0 Å². The number of nitrogens with zero attached hydrogens (tertiary/aromatic N) is 4. The normalized spacial score (nSPS) is 15.6. The van der Waals surface area contributed by atoms with Crippen LogP contribution in [0.15, 0.2) is 41.5 Å². The van der Waals surface area contributed by atoms with Crippen molar-refractivity contribution in [3.05, 3.63) is 58.3 Å². The van der Waals surface area contributed by atoms with Gasteiger partial charge in [0.15, 0.2) is 11.3 Å². The highest BCUT2D eigenvalue weighted by Gasteiger charge is 2.33. The van der Waals surface area contributed by atoms with Gasteiger partial charge in [0, 0.05) is 44.4 Å². The fourth-order valence-corrected chi connectivity index (χ4v) is 3.98. The highest BCUT2D eigenvalue weighted by molar-refractivity contribution is 5.97. The minimum atomic E-state index is -4.48. The van der Waals surface area contributed by atoms with Crippen LogP contribution in [-0.4, -0.2) is 61.9 Å². The molecule has 0 aliphatic carbocycles. The number of carbonyl (C=O) groups excluding carboxylic acids is 2. The number of fused-ring (bicyclic) bond motifs is 1. The predicted molar refractivity (Wildman–Crippen MR) is 126 cm³/mol. The van der Waals surface area contributed by atoms with Gasteiger partial charge in [-0.15, -0.1) is 0 Å². The van der Waals surface area contributed by atoms with Crippen LogP contribution < -0.4 is 15.6 Å². The molecular weight excluding hydrogens is 493 g/mol. The molecule has 1 atom stereocenters. The fraction of sp³-hybridized carbons (Fsp3) is 0.417. The van der Waals surface area contributed by atoms with Crippen molar-refractivity contribution in [2.24, 2.45) is 5.92 Å². The summed E-state index contributed by atoms with van der Waals surface area (Å²) in [6.45, 7) is 4.20. The second kappa shape index (κ2) is 10.5. The first-order valence-electron chi connectivity index (χ1n) is 11.7. The summed E-state index contributed by atoms with van der Waals surface area (Å²) >= 11 is 0. The van der Waals surface area contributed by atoms with Crippen molar-refractivity contribution in [1.29, 1.82) is 0 Å². The third-order valence-corrected chi connectivity index (χ3v) is 6.00. The summed E-state index contributed by atoms with van der Waals surface area (Å²) in [5.74, 6) is -1.28. The van der Waals surface area contributed by atoms with Gasteiger partial charge in [0.25, 0.3) is 11.5 Å². The zero-order chi connectivity index (χ0) is 26.7. The molecule has 1 aliphatic heterocycles. The van der Waals surface area contributed by atoms with E-state index in [1.54, 1.807) is 30.9 Å². The number of halogens is 3. The van der Waals surface area contributed by atoms with Crippen LogP contribution in [0.5, 0.6) is 5.88 Å². The van der Waals surface area contributed by atoms with E-state index in [0.717, 1.165) is 12.3 Å². The molecule has 13 heteroatoms. The lowest BCUT2D eigenvalue weighted by atomic mass is 10.00. The smallest absolute Gasteiger partial charge is 0.417 e. The number of aromatic nitrogens is 4. The lowest BCUT2D eigenvalue weighted by molar-refractivity contribution is -0.138. The van der Waals surface area contributed by atoms with E-state index in [1.807, 2.05) is 0 Å². The molecule has 4 rings (SSSR count). The predicted octanol–water partition coefficient (Wildman–Crippen LogP) is 2.56. The molecule has 0 radical (unpaired) electrons. The van der Waals surface area contributed by atoms with Gasteiger partial charge in [0.05, 0.1) is 5.56 Å². The summed E-state index contributed by atoms with van der Waals surface area (Å²) in [4.78, 5) is 54.4. The summed E-state index contributed by atoms with van der Waals surface area (Å²) in [6, 6.07) is 4.41. The summed E-state index contributed by atoms with van der Waals surface area (Å²) in [7, 11) is 0. The summed E-state index contributed by atoms with van der Waals surface area (Å²) < 4.78 is 43.8. The number of H-pyrrole nitrogens is 1. The fourth-order valence-electron chi connectivity index (χ4n) is 3.98. The zero-order valence-corrected chi connectivity index (χ0v) is 20.1. The number of carbonyl (C=O) groups is 2. The van der Waals surface area contributed by atoms with Gasteiger partial charge in [-0.2, -0.15) is 13.2 Å². The minimum absolute atomic E-state index is 0.0772. The van der Waals surface area contributed by atoms with E-state index in [1.165, 1.54) is 12.3 Å². The van der Waals surface area contributed by atoms with Crippen LogP contribution in [0.1, 0.15) is 42.7 Å². The number of hydrogen-bond acceptors (Lipinski definition) is 7. The van der Waals surface area contributed by atoms with Crippen LogP contribution in [0.2, 0.25) is 0 Å². The molecule has 2 amide bonds. The molecule has 0 bridgehead atoms. The number of pyridine rings is 2. The number of ether oxygens (including phenoxy) is 1. The molecular formula is C24H25F3N6O4. The first kappa shape index (κ1) is 26.0. The average Bonchev–Trinajstić information content (AvgIpc) is 2.86. The maximum Gasteiger partial charge on any atom is 0.417 e. The Morgan fingerprint density at radius 3 is 2.51 bits per heavy atom. The van der Waals surface area contributed by atoms with Crippen LogP contribution in [0.25, 0.3) is 11.2 Å². The Balaban J connectivity index is 1.37. The minimum Gasteiger partial charge on any atom is -0.474 e. The van der Waals surface area contributed by atoms with Crippen molar-refractivity contribution in [2.45, 2.75) is 45.0 Å². The molecule has 1 saturated heterocycles. The molecule has 1 fully saturated rings. The van der Waals surface area contributed by atoms with E-state index in [9.17, 15) is 27.6 Å². The molecule has 0 unspecified atom stereocenters. The summed E-state index contributed by atoms with van der Waals surface area (Å²) in [5, 5.41) is 2.64. The van der Waals surface area contributed by atoms with Gasteiger partial charge in [-0.25, -0.2) is 15.0 Å². The molecule has 3 aromatic heterocycles. The maximum atomic E-state index is 13.2. The number of likely N-dealkylation sites (tertiary alicyclic amines) is 1. The number of piperidine rings is 1. The summed E-state index contributed by atoms with van der Waals surface area (Å²) in [6.07, 6.45) is -1.72. The molecule has 0 aromatic carbocycles. The van der Waals surface area contributed by atoms with Gasteiger partial charge in [0.1, 0.15) is 17.7 Å². The van der Waals surface area contributed by atoms with Gasteiger partial charge >= 0.3 is 6.18 Å². The highest BCUT2D eigenvalue weighted by Crippen LogP contribution is 2.29. The zero-order valence-electron chi connectivity index (χ0n) is 20.1. The second-order valence-corrected chi connectivity index (χ2v) is 9.01. The molecule has 4 heterocycles. The third-order valence-electron chi connectivity index (χ3n) is 6.00. The van der Waals surface area contributed by atoms with Crippen LogP contribution >= 0.6 is 0 Å². The van der Waals surface area contributed by atoms with Crippen molar-refractivity contribution in [2.75, 3.05) is 13.1 Å². The lowest BCUT2D eigenvalue weighted by Crippen LogP contribution is -2.54. The number of hydrogen-bond donors (Lipinski definition) is 2. The quantitative estimate of drug-likeness (QED) is 0.513. The van der Waals surface area contributed by atoms with E-state index in [-0.39, 0.29) is 35.2 Å². The SMILES string of the molecule is CC(C)[C@H](NC(=O)c1nc2cccnc2[nH]c1=O)C(=O)N1CCC(Oc2ccc(C(F)(F)F)cn2)CC1. The Kier molecular flexibility index (Phi) is 7.41. The van der Waals surface area contributed by atoms with Gasteiger partial charge in [0.2, 0.25) is 11.8 Å². The Labute approximate surface area is 209 Å². The number of aromatic amines is 1. The topological polar surface area (TPSA) is 130 Å². The molecule has 0 saturated carbocycles. The molecule has 2 N–H and O–H groups in total. The number of amides is 2. The van der Waals surface area contributed by atoms with Crippen molar-refractivity contribution in [1.82, 2.24) is 30.2 Å². The Morgan fingerprint density at radius 2 is 1.89 bits per heavy atom. The van der Waals surface area contributed by atoms with Gasteiger partial charge in [-0.3, -0.25) is 14.4 Å². The van der Waals surface area contributed by atoms with Crippen LogP contribution in [0.4, 0.5) is 13.2 Å². The molecule has 3 aromatic rings. The summed E-state index contributed by atoms with van der Waals surface area (Å²) in [5.41, 5.74) is -1.36. The molecule has 1 aliphatic rings. The van der Waals surface area contributed by atoms with Crippen molar-refractivity contribution in [3.8, 4) is 5.88 Å². The monoisotopic (exact) mass is 518 g/mol. The van der Waals surface area contributed by atoms with Crippen molar-refractivity contribution in [3.63, 3.8) is 0 Å². The second-order valence-electron chi connectivity index (χ2n) is 9.01. The third kappa shape index (κ3) is 6.04. The maximum absolute atomic E-state index is 13.2. The lowest BCUT2D eigenvalue weighted by Gasteiger charge is -2.35. The van der Waals surface area contributed by atoms with E-state index in [0.29, 0.717) is 31.4 Å². The average molecular weight is 518 g/mol. The van der Waals surface area contributed by atoms with Crippen molar-refractivity contribution >= 4 is 23.0 Å². The number of alkyl halides is 3. The Morgan fingerprint density at radius 1 is 1.16 bits per heavy atom. The van der Waals surface area contributed by atoms with Gasteiger partial charge < -0.3 is 19.9 Å². The standard InChI is InChI=1S/C24H25F3N6O4/c1-13(2)18(31-21(34)19-22(35)32-20-16(30-19)4-3-9-28-20)23(36)33-10-7-15(8-11-33)37-17-6-5-14(12-29-17)24(25,26)27/h3-6,9,12-13,15,18H,7-8,10-11H2,1-2H3,(H,31,34)(H,28,32,35)/t18-/m0/s1. The molecule has 196 valence electrons. The van der Waals surface area contributed by atoms with Crippen LogP contribution in [0, 0.1) is 5.92 Å². The van der Waals surface area contributed by atoms with E-state index < -0.39 is 29.2 Å². The number of nitrogens with one attached hydrogen (secondary N) is 2. The van der Waals surface area contributed by atoms with Crippen LogP contribution in [0.3, 0.4) is 0 Å².